The molecular formula is C18H25ClFN5O2. The summed E-state index contributed by atoms with van der Waals surface area (Å²) in [5.74, 6) is -0.189. The monoisotopic (exact) mass is 397 g/mol. The van der Waals surface area contributed by atoms with Crippen LogP contribution in [0.2, 0.25) is 0 Å². The molecule has 1 aliphatic heterocycles. The molecule has 1 atom stereocenters. The van der Waals surface area contributed by atoms with E-state index in [-0.39, 0.29) is 30.2 Å². The zero-order chi connectivity index (χ0) is 18.7. The molecule has 1 unspecified atom stereocenters. The highest BCUT2D eigenvalue weighted by Crippen LogP contribution is 2.26. The number of hydrogen-bond acceptors (Lipinski definition) is 5. The van der Waals surface area contributed by atoms with Crippen molar-refractivity contribution in [2.45, 2.75) is 38.8 Å². The molecule has 0 aliphatic carbocycles. The molecule has 7 nitrogen and oxygen atoms in total. The number of amides is 1. The van der Waals surface area contributed by atoms with Crippen LogP contribution in [0.4, 0.5) is 4.39 Å². The maximum atomic E-state index is 13.6. The lowest BCUT2D eigenvalue weighted by atomic mass is 10.1. The number of nitrogens with one attached hydrogen (secondary N) is 2. The number of nitrogens with zero attached hydrogens (tertiary/aromatic N) is 3. The molecular weight excluding hydrogens is 373 g/mol. The van der Waals surface area contributed by atoms with Gasteiger partial charge in [-0.05, 0) is 58.0 Å². The van der Waals surface area contributed by atoms with Crippen LogP contribution in [0.25, 0.3) is 0 Å². The number of benzene rings is 1. The summed E-state index contributed by atoms with van der Waals surface area (Å²) >= 11 is 0. The fourth-order valence-electron chi connectivity index (χ4n) is 3.34. The van der Waals surface area contributed by atoms with E-state index in [9.17, 15) is 9.18 Å². The number of ether oxygens (including phenoxy) is 1. The first-order valence-electron chi connectivity index (χ1n) is 8.78. The zero-order valence-electron chi connectivity index (χ0n) is 15.7. The Morgan fingerprint density at radius 2 is 2.11 bits per heavy atom. The Bertz CT molecular complexity index is 792. The first-order valence-corrected chi connectivity index (χ1v) is 8.78. The van der Waals surface area contributed by atoms with Crippen molar-refractivity contribution in [3.8, 4) is 5.75 Å². The number of piperidine rings is 1. The quantitative estimate of drug-likeness (QED) is 0.810. The minimum atomic E-state index is -0.434. The normalized spacial score (nSPS) is 15.7. The van der Waals surface area contributed by atoms with Crippen molar-refractivity contribution in [2.24, 2.45) is 0 Å². The summed E-state index contributed by atoms with van der Waals surface area (Å²) in [5.41, 5.74) is 1.61. The number of rotatable bonds is 5. The minimum Gasteiger partial charge on any atom is -0.496 e. The van der Waals surface area contributed by atoms with Crippen molar-refractivity contribution in [3.05, 3.63) is 41.0 Å². The number of carbonyl (C=O) groups excluding carboxylic acids is 1. The smallest absolute Gasteiger partial charge is 0.274 e. The van der Waals surface area contributed by atoms with Crippen molar-refractivity contribution >= 4 is 18.3 Å². The molecule has 1 fully saturated rings. The Morgan fingerprint density at radius 3 is 2.78 bits per heavy atom. The first kappa shape index (κ1) is 21.1. The van der Waals surface area contributed by atoms with Gasteiger partial charge in [-0.1, -0.05) is 5.21 Å². The van der Waals surface area contributed by atoms with Crippen LogP contribution in [-0.4, -0.2) is 41.1 Å². The standard InChI is InChI=1S/C18H24FN5O2.ClH/c1-11(15-10-13(19)4-5-16(15)26-3)21-18(25)17-12(2)24(23-22-17)14-6-8-20-9-7-14;/h4-5,10-11,14,20H,6-9H2,1-3H3,(H,21,25);1H. The third-order valence-electron chi connectivity index (χ3n) is 4.80. The second-order valence-electron chi connectivity index (χ2n) is 6.53. The van der Waals surface area contributed by atoms with Crippen LogP contribution in [-0.2, 0) is 0 Å². The first-order chi connectivity index (χ1) is 12.5. The summed E-state index contributed by atoms with van der Waals surface area (Å²) in [6, 6.07) is 4.06. The van der Waals surface area contributed by atoms with Gasteiger partial charge in [-0.15, -0.1) is 17.5 Å². The number of halogens is 2. The molecule has 1 aromatic heterocycles. The molecule has 2 aromatic rings. The van der Waals surface area contributed by atoms with E-state index in [2.05, 4.69) is 20.9 Å². The maximum absolute atomic E-state index is 13.6. The molecule has 1 aromatic carbocycles. The molecule has 2 N–H and O–H groups in total. The number of hydrogen-bond donors (Lipinski definition) is 2. The van der Waals surface area contributed by atoms with Gasteiger partial charge in [-0.2, -0.15) is 0 Å². The van der Waals surface area contributed by atoms with Gasteiger partial charge < -0.3 is 15.4 Å². The highest BCUT2D eigenvalue weighted by atomic mass is 35.5. The zero-order valence-corrected chi connectivity index (χ0v) is 16.5. The van der Waals surface area contributed by atoms with Crippen LogP contribution in [0.5, 0.6) is 5.75 Å². The summed E-state index contributed by atoms with van der Waals surface area (Å²) in [6.07, 6.45) is 1.92. The van der Waals surface area contributed by atoms with Crippen LogP contribution in [0.15, 0.2) is 18.2 Å². The average molecular weight is 398 g/mol. The number of methoxy groups -OCH3 is 1. The van der Waals surface area contributed by atoms with Gasteiger partial charge in [-0.25, -0.2) is 9.07 Å². The average Bonchev–Trinajstić information content (AvgIpc) is 3.04. The number of aromatic nitrogens is 3. The Labute approximate surface area is 164 Å². The lowest BCUT2D eigenvalue weighted by Crippen LogP contribution is -2.31. The predicted octanol–water partition coefficient (Wildman–Crippen LogP) is 2.57. The number of carbonyl (C=O) groups is 1. The Morgan fingerprint density at radius 1 is 1.41 bits per heavy atom. The van der Waals surface area contributed by atoms with Gasteiger partial charge >= 0.3 is 0 Å². The SMILES string of the molecule is COc1ccc(F)cc1C(C)NC(=O)c1nnn(C2CCNCC2)c1C.Cl. The van der Waals surface area contributed by atoms with E-state index in [0.717, 1.165) is 31.6 Å². The Balaban J connectivity index is 0.00000261. The second-order valence-corrected chi connectivity index (χ2v) is 6.53. The molecule has 9 heteroatoms. The summed E-state index contributed by atoms with van der Waals surface area (Å²) < 4.78 is 20.7. The van der Waals surface area contributed by atoms with Gasteiger partial charge in [0, 0.05) is 5.56 Å². The third-order valence-corrected chi connectivity index (χ3v) is 4.80. The summed E-state index contributed by atoms with van der Waals surface area (Å²) in [7, 11) is 1.51. The van der Waals surface area contributed by atoms with E-state index in [1.807, 2.05) is 11.6 Å². The van der Waals surface area contributed by atoms with Crippen LogP contribution < -0.4 is 15.4 Å². The van der Waals surface area contributed by atoms with E-state index >= 15 is 0 Å². The second kappa shape index (κ2) is 9.14. The molecule has 0 spiro atoms. The molecule has 1 aliphatic rings. The minimum absolute atomic E-state index is 0. The van der Waals surface area contributed by atoms with E-state index in [1.165, 1.54) is 19.2 Å². The Kier molecular flexibility index (Phi) is 7.15. The third kappa shape index (κ3) is 4.56. The summed E-state index contributed by atoms with van der Waals surface area (Å²) in [6.45, 7) is 5.50. The van der Waals surface area contributed by atoms with Crippen molar-refractivity contribution < 1.29 is 13.9 Å². The lowest BCUT2D eigenvalue weighted by Gasteiger charge is -2.23. The maximum Gasteiger partial charge on any atom is 0.274 e. The van der Waals surface area contributed by atoms with Crippen molar-refractivity contribution in [1.82, 2.24) is 25.6 Å². The molecule has 0 saturated carbocycles. The summed E-state index contributed by atoms with van der Waals surface area (Å²) in [4.78, 5) is 12.7. The molecule has 0 radical (unpaired) electrons. The molecule has 0 bridgehead atoms. The predicted molar refractivity (Wildman–Crippen MR) is 102 cm³/mol. The lowest BCUT2D eigenvalue weighted by molar-refractivity contribution is 0.0933. The van der Waals surface area contributed by atoms with Crippen LogP contribution in [0, 0.1) is 12.7 Å². The topological polar surface area (TPSA) is 81.1 Å². The van der Waals surface area contributed by atoms with E-state index < -0.39 is 6.04 Å². The highest BCUT2D eigenvalue weighted by Gasteiger charge is 2.24. The van der Waals surface area contributed by atoms with Gasteiger partial charge in [0.05, 0.1) is 24.9 Å². The van der Waals surface area contributed by atoms with Crippen molar-refractivity contribution in [1.29, 1.82) is 0 Å². The molecule has 2 heterocycles. The van der Waals surface area contributed by atoms with E-state index in [4.69, 9.17) is 4.74 Å². The van der Waals surface area contributed by atoms with Gasteiger partial charge in [0.1, 0.15) is 11.6 Å². The molecule has 1 amide bonds. The highest BCUT2D eigenvalue weighted by molar-refractivity contribution is 5.93. The largest absolute Gasteiger partial charge is 0.496 e. The molecule has 1 saturated heterocycles. The van der Waals surface area contributed by atoms with Gasteiger partial charge in [0.2, 0.25) is 0 Å². The molecule has 148 valence electrons. The van der Waals surface area contributed by atoms with E-state index in [1.54, 1.807) is 13.0 Å². The van der Waals surface area contributed by atoms with Crippen molar-refractivity contribution in [3.63, 3.8) is 0 Å². The fourth-order valence-corrected chi connectivity index (χ4v) is 3.34. The molecule has 27 heavy (non-hydrogen) atoms. The molecule has 3 rings (SSSR count). The van der Waals surface area contributed by atoms with Crippen LogP contribution in [0.1, 0.15) is 53.6 Å². The summed E-state index contributed by atoms with van der Waals surface area (Å²) in [5, 5.41) is 14.4. The van der Waals surface area contributed by atoms with Crippen molar-refractivity contribution in [2.75, 3.05) is 20.2 Å². The fraction of sp³-hybridized carbons (Fsp3) is 0.500. The van der Waals surface area contributed by atoms with Gasteiger partial charge in [0.25, 0.3) is 5.91 Å². The van der Waals surface area contributed by atoms with Crippen LogP contribution in [0.3, 0.4) is 0 Å². The van der Waals surface area contributed by atoms with E-state index in [0.29, 0.717) is 17.0 Å². The van der Waals surface area contributed by atoms with Gasteiger partial charge in [0.15, 0.2) is 5.69 Å². The Hall–Kier alpha value is -2.19. The van der Waals surface area contributed by atoms with Crippen LogP contribution >= 0.6 is 12.4 Å². The van der Waals surface area contributed by atoms with Gasteiger partial charge in [-0.3, -0.25) is 4.79 Å².